The minimum absolute atomic E-state index is 0.196. The summed E-state index contributed by atoms with van der Waals surface area (Å²) < 4.78 is 2.01. The van der Waals surface area contributed by atoms with Crippen molar-refractivity contribution in [3.8, 4) is 11.4 Å². The molecule has 0 spiro atoms. The van der Waals surface area contributed by atoms with Crippen LogP contribution >= 0.6 is 11.8 Å². The number of fused-ring (bicyclic) bond motifs is 1. The van der Waals surface area contributed by atoms with E-state index in [1.54, 1.807) is 6.21 Å². The number of carbonyl (C=O) groups excluding carboxylic acids is 1. The molecule has 2 aromatic carbocycles. The number of carbonyl (C=O) groups is 1. The van der Waals surface area contributed by atoms with Gasteiger partial charge in [-0.25, -0.2) is 5.43 Å². The Morgan fingerprint density at radius 3 is 2.80 bits per heavy atom. The highest BCUT2D eigenvalue weighted by molar-refractivity contribution is 7.99. The molecule has 2 aromatic heterocycles. The fraction of sp³-hybridized carbons (Fsp3) is 0.182. The molecule has 0 saturated heterocycles. The van der Waals surface area contributed by atoms with Crippen LogP contribution in [0.3, 0.4) is 0 Å². The van der Waals surface area contributed by atoms with Crippen LogP contribution in [0.25, 0.3) is 22.3 Å². The van der Waals surface area contributed by atoms with Crippen LogP contribution in [0, 0.1) is 6.92 Å². The van der Waals surface area contributed by atoms with Crippen LogP contribution in [0.15, 0.2) is 65.0 Å². The molecule has 0 fully saturated rings. The number of benzene rings is 2. The van der Waals surface area contributed by atoms with E-state index in [-0.39, 0.29) is 11.7 Å². The lowest BCUT2D eigenvalue weighted by Crippen LogP contribution is -2.20. The van der Waals surface area contributed by atoms with Crippen LogP contribution in [0.4, 0.5) is 0 Å². The van der Waals surface area contributed by atoms with Gasteiger partial charge >= 0.3 is 0 Å². The number of thioether (sulfide) groups is 1. The maximum atomic E-state index is 12.2. The van der Waals surface area contributed by atoms with Gasteiger partial charge in [0.15, 0.2) is 11.0 Å². The first kappa shape index (κ1) is 19.9. The lowest BCUT2D eigenvalue weighted by atomic mass is 10.1. The van der Waals surface area contributed by atoms with Gasteiger partial charge in [-0.15, -0.1) is 10.2 Å². The molecule has 0 aliphatic carbocycles. The first-order valence-electron chi connectivity index (χ1n) is 9.66. The number of nitrogens with one attached hydrogen (secondary N) is 2. The van der Waals surface area contributed by atoms with Gasteiger partial charge in [-0.1, -0.05) is 59.8 Å². The standard InChI is InChI=1S/C22H22N6OS/c1-3-28-21(16-10-8-15(2)9-11-16)26-27-22(28)30-14-20(29)25-24-13-17-12-23-19-7-5-4-6-18(17)19/h4-13,23H,3,14H2,1-2H3,(H,25,29). The van der Waals surface area contributed by atoms with Crippen LogP contribution in [0.5, 0.6) is 0 Å². The third-order valence-electron chi connectivity index (χ3n) is 4.69. The second-order valence-electron chi connectivity index (χ2n) is 6.79. The summed E-state index contributed by atoms with van der Waals surface area (Å²) in [6, 6.07) is 16.1. The predicted octanol–water partition coefficient (Wildman–Crippen LogP) is 4.00. The molecule has 0 atom stereocenters. The minimum Gasteiger partial charge on any atom is -0.361 e. The molecule has 8 heteroatoms. The zero-order valence-corrected chi connectivity index (χ0v) is 17.6. The normalized spacial score (nSPS) is 11.4. The van der Waals surface area contributed by atoms with Crippen molar-refractivity contribution < 1.29 is 4.79 Å². The second-order valence-corrected chi connectivity index (χ2v) is 7.73. The van der Waals surface area contributed by atoms with Crippen LogP contribution in [0.2, 0.25) is 0 Å². The van der Waals surface area contributed by atoms with Crippen LogP contribution in [-0.2, 0) is 11.3 Å². The Hall–Kier alpha value is -3.39. The van der Waals surface area contributed by atoms with Crippen molar-refractivity contribution in [2.24, 2.45) is 5.10 Å². The molecule has 152 valence electrons. The van der Waals surface area contributed by atoms with Crippen molar-refractivity contribution in [3.63, 3.8) is 0 Å². The number of hydrogen-bond acceptors (Lipinski definition) is 5. The number of para-hydroxylation sites is 1. The van der Waals surface area contributed by atoms with Gasteiger partial charge in [0.05, 0.1) is 12.0 Å². The van der Waals surface area contributed by atoms with Gasteiger partial charge in [-0.3, -0.25) is 4.79 Å². The van der Waals surface area contributed by atoms with Gasteiger partial charge in [-0.2, -0.15) is 5.10 Å². The Morgan fingerprint density at radius 2 is 2.00 bits per heavy atom. The average Bonchev–Trinajstić information content (AvgIpc) is 3.37. The van der Waals surface area contributed by atoms with E-state index in [0.29, 0.717) is 5.16 Å². The van der Waals surface area contributed by atoms with Crippen molar-refractivity contribution in [2.75, 3.05) is 5.75 Å². The van der Waals surface area contributed by atoms with E-state index in [2.05, 4.69) is 44.8 Å². The summed E-state index contributed by atoms with van der Waals surface area (Å²) in [5.41, 5.74) is 6.74. The number of H-pyrrole nitrogens is 1. The van der Waals surface area contributed by atoms with E-state index >= 15 is 0 Å². The summed E-state index contributed by atoms with van der Waals surface area (Å²) in [4.78, 5) is 15.4. The topological polar surface area (TPSA) is 88.0 Å². The molecule has 0 unspecified atom stereocenters. The van der Waals surface area contributed by atoms with Gasteiger partial charge in [0.2, 0.25) is 0 Å². The van der Waals surface area contributed by atoms with E-state index < -0.39 is 0 Å². The highest BCUT2D eigenvalue weighted by Crippen LogP contribution is 2.24. The molecular weight excluding hydrogens is 396 g/mol. The van der Waals surface area contributed by atoms with E-state index in [1.807, 2.05) is 54.1 Å². The zero-order valence-electron chi connectivity index (χ0n) is 16.8. The van der Waals surface area contributed by atoms with E-state index in [1.165, 1.54) is 17.3 Å². The molecule has 4 aromatic rings. The van der Waals surface area contributed by atoms with Crippen LogP contribution in [0.1, 0.15) is 18.1 Å². The number of amides is 1. The number of rotatable bonds is 7. The quantitative estimate of drug-likeness (QED) is 0.270. The summed E-state index contributed by atoms with van der Waals surface area (Å²) in [6.45, 7) is 4.81. The maximum Gasteiger partial charge on any atom is 0.250 e. The zero-order chi connectivity index (χ0) is 20.9. The summed E-state index contributed by atoms with van der Waals surface area (Å²) in [5, 5.41) is 14.4. The molecule has 4 rings (SSSR count). The van der Waals surface area contributed by atoms with Crippen molar-refractivity contribution >= 4 is 34.8 Å². The number of nitrogens with zero attached hydrogens (tertiary/aromatic N) is 4. The third kappa shape index (κ3) is 4.28. The minimum atomic E-state index is -0.196. The second kappa shape index (κ2) is 8.96. The molecule has 30 heavy (non-hydrogen) atoms. The van der Waals surface area contributed by atoms with E-state index in [0.717, 1.165) is 34.4 Å². The van der Waals surface area contributed by atoms with Crippen molar-refractivity contribution in [2.45, 2.75) is 25.5 Å². The van der Waals surface area contributed by atoms with Crippen molar-refractivity contribution in [3.05, 3.63) is 65.9 Å². The Morgan fingerprint density at radius 1 is 1.20 bits per heavy atom. The van der Waals surface area contributed by atoms with Crippen molar-refractivity contribution in [1.29, 1.82) is 0 Å². The Labute approximate surface area is 178 Å². The Kier molecular flexibility index (Phi) is 5.94. The maximum absolute atomic E-state index is 12.2. The van der Waals surface area contributed by atoms with Gasteiger partial charge < -0.3 is 9.55 Å². The van der Waals surface area contributed by atoms with Gasteiger partial charge in [0, 0.05) is 34.8 Å². The number of hydrogen-bond donors (Lipinski definition) is 2. The number of aromatic nitrogens is 4. The molecule has 7 nitrogen and oxygen atoms in total. The molecule has 2 N–H and O–H groups in total. The number of aromatic amines is 1. The summed E-state index contributed by atoms with van der Waals surface area (Å²) in [5.74, 6) is 0.813. The summed E-state index contributed by atoms with van der Waals surface area (Å²) >= 11 is 1.35. The Balaban J connectivity index is 1.37. The average molecular weight is 419 g/mol. The van der Waals surface area contributed by atoms with Crippen molar-refractivity contribution in [1.82, 2.24) is 25.2 Å². The molecule has 0 aliphatic rings. The van der Waals surface area contributed by atoms with E-state index in [4.69, 9.17) is 0 Å². The number of aryl methyl sites for hydroxylation is 1. The SMILES string of the molecule is CCn1c(SCC(=O)NN=Cc2c[nH]c3ccccc23)nnc1-c1ccc(C)cc1. The largest absolute Gasteiger partial charge is 0.361 e. The number of hydrazone groups is 1. The van der Waals surface area contributed by atoms with Crippen LogP contribution < -0.4 is 5.43 Å². The van der Waals surface area contributed by atoms with Crippen LogP contribution in [-0.4, -0.2) is 37.6 Å². The molecule has 2 heterocycles. The predicted molar refractivity (Wildman–Crippen MR) is 121 cm³/mol. The first-order valence-corrected chi connectivity index (χ1v) is 10.7. The first-order chi connectivity index (χ1) is 14.7. The van der Waals surface area contributed by atoms with E-state index in [9.17, 15) is 4.79 Å². The molecule has 0 bridgehead atoms. The smallest absolute Gasteiger partial charge is 0.250 e. The highest BCUT2D eigenvalue weighted by atomic mass is 32.2. The summed E-state index contributed by atoms with van der Waals surface area (Å²) in [7, 11) is 0. The fourth-order valence-electron chi connectivity index (χ4n) is 3.13. The molecular formula is C22H22N6OS. The highest BCUT2D eigenvalue weighted by Gasteiger charge is 2.14. The van der Waals surface area contributed by atoms with Gasteiger partial charge in [0.25, 0.3) is 5.91 Å². The monoisotopic (exact) mass is 418 g/mol. The third-order valence-corrected chi connectivity index (χ3v) is 5.66. The molecule has 0 radical (unpaired) electrons. The molecule has 1 amide bonds. The van der Waals surface area contributed by atoms with Gasteiger partial charge in [-0.05, 0) is 19.9 Å². The summed E-state index contributed by atoms with van der Waals surface area (Å²) in [6.07, 6.45) is 3.51. The molecule has 0 saturated carbocycles. The lowest BCUT2D eigenvalue weighted by Gasteiger charge is -2.07. The Bertz CT molecular complexity index is 1190. The lowest BCUT2D eigenvalue weighted by molar-refractivity contribution is -0.118. The van der Waals surface area contributed by atoms with Gasteiger partial charge in [0.1, 0.15) is 0 Å². The molecule has 0 aliphatic heterocycles. The fourth-order valence-corrected chi connectivity index (χ4v) is 3.93.